The Morgan fingerprint density at radius 3 is 2.39 bits per heavy atom. The second-order valence-electron chi connectivity index (χ2n) is 5.77. The third kappa shape index (κ3) is 6.34. The molecule has 0 saturated heterocycles. The van der Waals surface area contributed by atoms with Crippen molar-refractivity contribution in [3.63, 3.8) is 0 Å². The SMILES string of the molecule is CCOc1ccccc1CN=C(Nc1ccc(OC)c(OC)c1)NS(C)(=O)=O. The van der Waals surface area contributed by atoms with E-state index in [1.165, 1.54) is 7.11 Å². The van der Waals surface area contributed by atoms with E-state index in [0.717, 1.165) is 11.8 Å². The van der Waals surface area contributed by atoms with Crippen molar-refractivity contribution in [2.45, 2.75) is 13.5 Å². The fourth-order valence-corrected chi connectivity index (χ4v) is 2.89. The highest BCUT2D eigenvalue weighted by Gasteiger charge is 2.11. The van der Waals surface area contributed by atoms with E-state index >= 15 is 0 Å². The summed E-state index contributed by atoms with van der Waals surface area (Å²) in [4.78, 5) is 4.38. The predicted octanol–water partition coefficient (Wildman–Crippen LogP) is 2.62. The highest BCUT2D eigenvalue weighted by Crippen LogP contribution is 2.29. The molecule has 0 amide bonds. The number of benzene rings is 2. The van der Waals surface area contributed by atoms with Crippen LogP contribution in [0.5, 0.6) is 17.2 Å². The predicted molar refractivity (Wildman–Crippen MR) is 110 cm³/mol. The van der Waals surface area contributed by atoms with Crippen LogP contribution in [-0.2, 0) is 16.6 Å². The second kappa shape index (κ2) is 9.84. The summed E-state index contributed by atoms with van der Waals surface area (Å²) in [7, 11) is -0.463. The number of sulfonamides is 1. The lowest BCUT2D eigenvalue weighted by Crippen LogP contribution is -2.35. The lowest BCUT2D eigenvalue weighted by Gasteiger charge is -2.14. The Balaban J connectivity index is 2.29. The zero-order valence-electron chi connectivity index (χ0n) is 16.4. The average molecular weight is 407 g/mol. The molecule has 0 radical (unpaired) electrons. The zero-order valence-corrected chi connectivity index (χ0v) is 17.2. The minimum Gasteiger partial charge on any atom is -0.494 e. The number of ether oxygens (including phenoxy) is 3. The quantitative estimate of drug-likeness (QED) is 0.516. The Kier molecular flexibility index (Phi) is 7.51. The van der Waals surface area contributed by atoms with Crippen LogP contribution in [0.3, 0.4) is 0 Å². The van der Waals surface area contributed by atoms with Crippen molar-refractivity contribution in [3.8, 4) is 17.2 Å². The van der Waals surface area contributed by atoms with Crippen LogP contribution < -0.4 is 24.2 Å². The van der Waals surface area contributed by atoms with Crippen LogP contribution in [0.2, 0.25) is 0 Å². The Bertz CT molecular complexity index is 929. The first-order chi connectivity index (χ1) is 13.4. The molecule has 0 aliphatic carbocycles. The van der Waals surface area contributed by atoms with Crippen LogP contribution in [0, 0.1) is 0 Å². The zero-order chi connectivity index (χ0) is 20.6. The number of guanidine groups is 1. The van der Waals surface area contributed by atoms with E-state index in [9.17, 15) is 8.42 Å². The molecule has 2 rings (SSSR count). The third-order valence-electron chi connectivity index (χ3n) is 3.61. The van der Waals surface area contributed by atoms with E-state index in [4.69, 9.17) is 14.2 Å². The third-order valence-corrected chi connectivity index (χ3v) is 4.17. The first-order valence-electron chi connectivity index (χ1n) is 8.58. The van der Waals surface area contributed by atoms with Gasteiger partial charge in [-0.1, -0.05) is 18.2 Å². The fraction of sp³-hybridized carbons (Fsp3) is 0.316. The van der Waals surface area contributed by atoms with Gasteiger partial charge in [0, 0.05) is 17.3 Å². The van der Waals surface area contributed by atoms with Crippen molar-refractivity contribution >= 4 is 21.7 Å². The fourth-order valence-electron chi connectivity index (χ4n) is 2.42. The first kappa shape index (κ1) is 21.4. The summed E-state index contributed by atoms with van der Waals surface area (Å²) in [6, 6.07) is 12.6. The van der Waals surface area contributed by atoms with Crippen molar-refractivity contribution in [3.05, 3.63) is 48.0 Å². The topological polar surface area (TPSA) is 98.2 Å². The summed E-state index contributed by atoms with van der Waals surface area (Å²) < 4.78 is 41.9. The summed E-state index contributed by atoms with van der Waals surface area (Å²) in [5.74, 6) is 1.86. The molecule has 2 aromatic carbocycles. The number of methoxy groups -OCH3 is 2. The molecular formula is C19H25N3O5S. The highest BCUT2D eigenvalue weighted by atomic mass is 32.2. The molecule has 0 heterocycles. The van der Waals surface area contributed by atoms with E-state index in [1.54, 1.807) is 25.3 Å². The van der Waals surface area contributed by atoms with E-state index < -0.39 is 10.0 Å². The number of aliphatic imine (C=N–C) groups is 1. The van der Waals surface area contributed by atoms with Gasteiger partial charge in [-0.05, 0) is 25.1 Å². The lowest BCUT2D eigenvalue weighted by atomic mass is 10.2. The van der Waals surface area contributed by atoms with Gasteiger partial charge in [0.25, 0.3) is 0 Å². The molecular weight excluding hydrogens is 382 g/mol. The van der Waals surface area contributed by atoms with Crippen molar-refractivity contribution in [1.82, 2.24) is 4.72 Å². The van der Waals surface area contributed by atoms with Gasteiger partial charge in [-0.3, -0.25) is 4.72 Å². The van der Waals surface area contributed by atoms with E-state index in [2.05, 4.69) is 15.0 Å². The molecule has 0 spiro atoms. The number of rotatable bonds is 8. The Labute approximate surface area is 165 Å². The highest BCUT2D eigenvalue weighted by molar-refractivity contribution is 7.89. The monoisotopic (exact) mass is 407 g/mol. The Morgan fingerprint density at radius 2 is 1.75 bits per heavy atom. The first-order valence-corrected chi connectivity index (χ1v) is 10.5. The largest absolute Gasteiger partial charge is 0.494 e. The lowest BCUT2D eigenvalue weighted by molar-refractivity contribution is 0.336. The minimum atomic E-state index is -3.53. The van der Waals surface area contributed by atoms with Gasteiger partial charge in [0.1, 0.15) is 5.75 Å². The summed E-state index contributed by atoms with van der Waals surface area (Å²) >= 11 is 0. The van der Waals surface area contributed by atoms with Gasteiger partial charge in [0.15, 0.2) is 11.5 Å². The van der Waals surface area contributed by atoms with E-state index in [0.29, 0.717) is 29.5 Å². The maximum Gasteiger partial charge on any atom is 0.232 e. The minimum absolute atomic E-state index is 0.0843. The molecule has 2 N–H and O–H groups in total. The van der Waals surface area contributed by atoms with Gasteiger partial charge in [0.05, 0.1) is 33.6 Å². The molecule has 0 saturated carbocycles. The summed E-state index contributed by atoms with van der Waals surface area (Å²) in [6.07, 6.45) is 1.06. The van der Waals surface area contributed by atoms with Crippen LogP contribution in [0.4, 0.5) is 5.69 Å². The van der Waals surface area contributed by atoms with Gasteiger partial charge < -0.3 is 19.5 Å². The van der Waals surface area contributed by atoms with Crippen molar-refractivity contribution in [2.24, 2.45) is 4.99 Å². The molecule has 9 heteroatoms. The molecule has 152 valence electrons. The van der Waals surface area contributed by atoms with Gasteiger partial charge in [0.2, 0.25) is 16.0 Å². The molecule has 0 bridgehead atoms. The van der Waals surface area contributed by atoms with Crippen LogP contribution >= 0.6 is 0 Å². The molecule has 0 aliphatic rings. The maximum atomic E-state index is 11.7. The molecule has 0 aliphatic heterocycles. The van der Waals surface area contributed by atoms with Crippen LogP contribution in [-0.4, -0.2) is 41.5 Å². The van der Waals surface area contributed by atoms with Gasteiger partial charge >= 0.3 is 0 Å². The normalized spacial score (nSPS) is 11.6. The molecule has 0 unspecified atom stereocenters. The van der Waals surface area contributed by atoms with E-state index in [-0.39, 0.29) is 12.5 Å². The van der Waals surface area contributed by atoms with Crippen LogP contribution in [0.15, 0.2) is 47.5 Å². The van der Waals surface area contributed by atoms with Gasteiger partial charge in [-0.25, -0.2) is 13.4 Å². The molecule has 28 heavy (non-hydrogen) atoms. The van der Waals surface area contributed by atoms with Crippen molar-refractivity contribution in [2.75, 3.05) is 32.4 Å². The van der Waals surface area contributed by atoms with Crippen LogP contribution in [0.25, 0.3) is 0 Å². The molecule has 0 fully saturated rings. The van der Waals surface area contributed by atoms with Crippen LogP contribution in [0.1, 0.15) is 12.5 Å². The number of para-hydroxylation sites is 1. The summed E-state index contributed by atoms with van der Waals surface area (Å²) in [6.45, 7) is 2.66. The van der Waals surface area contributed by atoms with Crippen molar-refractivity contribution in [1.29, 1.82) is 0 Å². The number of nitrogens with zero attached hydrogens (tertiary/aromatic N) is 1. The summed E-state index contributed by atoms with van der Waals surface area (Å²) in [5, 5.41) is 2.97. The maximum absolute atomic E-state index is 11.7. The van der Waals surface area contributed by atoms with E-state index in [1.807, 2.05) is 31.2 Å². The number of anilines is 1. The smallest absolute Gasteiger partial charge is 0.232 e. The molecule has 2 aromatic rings. The number of hydrogen-bond acceptors (Lipinski definition) is 6. The summed E-state index contributed by atoms with van der Waals surface area (Å²) in [5.41, 5.74) is 1.43. The van der Waals surface area contributed by atoms with Gasteiger partial charge in [-0.2, -0.15) is 0 Å². The average Bonchev–Trinajstić information content (AvgIpc) is 2.66. The molecule has 0 atom stereocenters. The Morgan fingerprint density at radius 1 is 1.04 bits per heavy atom. The van der Waals surface area contributed by atoms with Crippen molar-refractivity contribution < 1.29 is 22.6 Å². The molecule has 8 nitrogen and oxygen atoms in total. The number of nitrogens with one attached hydrogen (secondary N) is 2. The van der Waals surface area contributed by atoms with Gasteiger partial charge in [-0.15, -0.1) is 0 Å². The standard InChI is InChI=1S/C19H25N3O5S/c1-5-27-16-9-7-6-8-14(16)13-20-19(22-28(4,23)24)21-15-10-11-17(25-2)18(12-15)26-3/h6-12H,5,13H2,1-4H3,(H2,20,21,22). The number of hydrogen-bond donors (Lipinski definition) is 2. The Hall–Kier alpha value is -2.94. The molecule has 0 aromatic heterocycles. The second-order valence-corrected chi connectivity index (χ2v) is 7.52.